The van der Waals surface area contributed by atoms with Gasteiger partial charge >= 0.3 is 6.03 Å². The number of hydrogen-bond donors (Lipinski definition) is 1. The molecule has 28 heavy (non-hydrogen) atoms. The van der Waals surface area contributed by atoms with Gasteiger partial charge in [0, 0.05) is 10.0 Å². The Morgan fingerprint density at radius 3 is 2.54 bits per heavy atom. The molecule has 0 spiro atoms. The molecule has 4 amide bonds. The molecule has 1 saturated heterocycles. The van der Waals surface area contributed by atoms with Crippen molar-refractivity contribution in [3.8, 4) is 5.75 Å². The number of nitrogens with one attached hydrogen (secondary N) is 1. The Bertz CT molecular complexity index is 1010. The van der Waals surface area contributed by atoms with E-state index in [1.807, 2.05) is 32.9 Å². The zero-order valence-electron chi connectivity index (χ0n) is 15.7. The number of imide groups is 2. The second-order valence-corrected chi connectivity index (χ2v) is 7.28. The predicted octanol–water partition coefficient (Wildman–Crippen LogP) is 4.13. The largest absolute Gasteiger partial charge is 0.493 e. The molecule has 1 heterocycles. The van der Waals surface area contributed by atoms with Crippen LogP contribution in [0.4, 0.5) is 10.5 Å². The number of carbonyl (C=O) groups excluding carboxylic acids is 3. The molecule has 1 fully saturated rings. The van der Waals surface area contributed by atoms with E-state index in [0.717, 1.165) is 20.5 Å². The van der Waals surface area contributed by atoms with Crippen molar-refractivity contribution in [1.29, 1.82) is 0 Å². The van der Waals surface area contributed by atoms with E-state index in [4.69, 9.17) is 4.74 Å². The number of ether oxygens (including phenoxy) is 1. The molecule has 1 aliphatic rings. The third-order valence-corrected chi connectivity index (χ3v) is 4.76. The van der Waals surface area contributed by atoms with Crippen molar-refractivity contribution in [2.75, 3.05) is 11.5 Å². The first-order chi connectivity index (χ1) is 13.3. The highest BCUT2D eigenvalue weighted by Gasteiger charge is 2.37. The minimum atomic E-state index is -0.765. The molecular formula is C21H19BrN2O4. The lowest BCUT2D eigenvalue weighted by molar-refractivity contribution is -0.122. The molecule has 0 unspecified atom stereocenters. The van der Waals surface area contributed by atoms with E-state index in [1.165, 1.54) is 6.08 Å². The van der Waals surface area contributed by atoms with Crippen LogP contribution >= 0.6 is 15.9 Å². The fourth-order valence-corrected chi connectivity index (χ4v) is 3.39. The molecule has 0 bridgehead atoms. The van der Waals surface area contributed by atoms with Gasteiger partial charge in [-0.2, -0.15) is 0 Å². The van der Waals surface area contributed by atoms with Crippen LogP contribution in [0.5, 0.6) is 5.75 Å². The Hall–Kier alpha value is -2.93. The Labute approximate surface area is 171 Å². The van der Waals surface area contributed by atoms with Crippen LogP contribution in [0.3, 0.4) is 0 Å². The molecule has 0 radical (unpaired) electrons. The fourth-order valence-electron chi connectivity index (χ4n) is 3.01. The SMILES string of the molecule is CCOc1ccc(Br)cc1/C=C1\C(=O)NC(=O)N(c2ccc(C)cc2C)C1=O. The quantitative estimate of drug-likeness (QED) is 0.570. The average Bonchev–Trinajstić information content (AvgIpc) is 2.62. The standard InChI is InChI=1S/C21H19BrN2O4/c1-4-28-18-8-6-15(22)10-14(18)11-16-19(25)23-21(27)24(20(16)26)17-7-5-12(2)9-13(17)3/h5-11H,4H2,1-3H3,(H,23,25,27)/b16-11+. The number of hydrogen-bond acceptors (Lipinski definition) is 4. The molecule has 1 aliphatic heterocycles. The second kappa shape index (κ2) is 7.98. The average molecular weight is 443 g/mol. The van der Waals surface area contributed by atoms with Gasteiger partial charge in [0.15, 0.2) is 0 Å². The first kappa shape index (κ1) is 19.8. The maximum atomic E-state index is 13.1. The van der Waals surface area contributed by atoms with E-state index >= 15 is 0 Å². The number of rotatable bonds is 4. The zero-order chi connectivity index (χ0) is 20.4. The summed E-state index contributed by atoms with van der Waals surface area (Å²) in [5.74, 6) is -0.879. The van der Waals surface area contributed by atoms with Gasteiger partial charge in [-0.05, 0) is 56.7 Å². The highest BCUT2D eigenvalue weighted by molar-refractivity contribution is 9.10. The molecule has 0 atom stereocenters. The minimum absolute atomic E-state index is 0.140. The van der Waals surface area contributed by atoms with Crippen molar-refractivity contribution < 1.29 is 19.1 Å². The Balaban J connectivity index is 2.08. The van der Waals surface area contributed by atoms with Crippen LogP contribution in [0.1, 0.15) is 23.6 Å². The van der Waals surface area contributed by atoms with E-state index < -0.39 is 17.8 Å². The zero-order valence-corrected chi connectivity index (χ0v) is 17.3. The number of aryl methyl sites for hydroxylation is 2. The van der Waals surface area contributed by atoms with Crippen LogP contribution in [0.15, 0.2) is 46.4 Å². The molecule has 2 aromatic rings. The molecule has 2 aromatic carbocycles. The highest BCUT2D eigenvalue weighted by atomic mass is 79.9. The summed E-state index contributed by atoms with van der Waals surface area (Å²) in [5.41, 5.74) is 2.62. The summed E-state index contributed by atoms with van der Waals surface area (Å²) in [4.78, 5) is 38.8. The number of carbonyl (C=O) groups is 3. The maximum Gasteiger partial charge on any atom is 0.335 e. The molecule has 3 rings (SSSR count). The van der Waals surface area contributed by atoms with Gasteiger partial charge in [-0.25, -0.2) is 9.69 Å². The van der Waals surface area contributed by atoms with Crippen LogP contribution in [0.25, 0.3) is 6.08 Å². The lowest BCUT2D eigenvalue weighted by Gasteiger charge is -2.27. The normalized spacial score (nSPS) is 15.8. The summed E-state index contributed by atoms with van der Waals surface area (Å²) >= 11 is 3.38. The molecule has 7 heteroatoms. The van der Waals surface area contributed by atoms with E-state index in [1.54, 1.807) is 24.3 Å². The summed E-state index contributed by atoms with van der Waals surface area (Å²) in [6.45, 7) is 6.01. The fraction of sp³-hybridized carbons (Fsp3) is 0.190. The molecule has 1 N–H and O–H groups in total. The Morgan fingerprint density at radius 1 is 1.11 bits per heavy atom. The molecule has 0 saturated carbocycles. The van der Waals surface area contributed by atoms with Gasteiger partial charge in [-0.1, -0.05) is 33.6 Å². The van der Waals surface area contributed by atoms with E-state index in [0.29, 0.717) is 23.6 Å². The van der Waals surface area contributed by atoms with Crippen LogP contribution in [-0.4, -0.2) is 24.5 Å². The van der Waals surface area contributed by atoms with Crippen molar-refractivity contribution in [2.45, 2.75) is 20.8 Å². The monoisotopic (exact) mass is 442 g/mol. The Kier molecular flexibility index (Phi) is 5.65. The maximum absolute atomic E-state index is 13.1. The van der Waals surface area contributed by atoms with Crippen LogP contribution in [-0.2, 0) is 9.59 Å². The third kappa shape index (κ3) is 3.84. The van der Waals surface area contributed by atoms with Crippen molar-refractivity contribution in [2.24, 2.45) is 0 Å². The van der Waals surface area contributed by atoms with Crippen LogP contribution in [0.2, 0.25) is 0 Å². The van der Waals surface area contributed by atoms with E-state index in [-0.39, 0.29) is 5.57 Å². The summed E-state index contributed by atoms with van der Waals surface area (Å²) in [5, 5.41) is 2.24. The number of urea groups is 1. The molecule has 0 aliphatic carbocycles. The van der Waals surface area contributed by atoms with E-state index in [9.17, 15) is 14.4 Å². The molecule has 144 valence electrons. The third-order valence-electron chi connectivity index (χ3n) is 4.27. The summed E-state index contributed by atoms with van der Waals surface area (Å²) in [7, 11) is 0. The number of anilines is 1. The first-order valence-electron chi connectivity index (χ1n) is 8.73. The molecule has 0 aromatic heterocycles. The van der Waals surface area contributed by atoms with Crippen molar-refractivity contribution in [1.82, 2.24) is 5.32 Å². The predicted molar refractivity (Wildman–Crippen MR) is 110 cm³/mol. The van der Waals surface area contributed by atoms with Gasteiger partial charge in [0.1, 0.15) is 11.3 Å². The summed E-state index contributed by atoms with van der Waals surface area (Å²) in [6.07, 6.45) is 1.44. The number of nitrogens with zero attached hydrogens (tertiary/aromatic N) is 1. The number of benzene rings is 2. The highest BCUT2D eigenvalue weighted by Crippen LogP contribution is 2.29. The smallest absolute Gasteiger partial charge is 0.335 e. The molecular weight excluding hydrogens is 424 g/mol. The second-order valence-electron chi connectivity index (χ2n) is 6.36. The van der Waals surface area contributed by atoms with Crippen LogP contribution in [0, 0.1) is 13.8 Å². The first-order valence-corrected chi connectivity index (χ1v) is 9.52. The van der Waals surface area contributed by atoms with Gasteiger partial charge in [-0.3, -0.25) is 14.9 Å². The number of halogens is 1. The lowest BCUT2D eigenvalue weighted by atomic mass is 10.0. The lowest BCUT2D eigenvalue weighted by Crippen LogP contribution is -2.54. The minimum Gasteiger partial charge on any atom is -0.493 e. The molecule has 6 nitrogen and oxygen atoms in total. The van der Waals surface area contributed by atoms with Crippen molar-refractivity contribution >= 4 is 45.5 Å². The van der Waals surface area contributed by atoms with Gasteiger partial charge in [0.05, 0.1) is 12.3 Å². The van der Waals surface area contributed by atoms with Crippen molar-refractivity contribution in [3.63, 3.8) is 0 Å². The van der Waals surface area contributed by atoms with Gasteiger partial charge in [0.25, 0.3) is 11.8 Å². The number of amides is 4. The Morgan fingerprint density at radius 2 is 1.86 bits per heavy atom. The van der Waals surface area contributed by atoms with Gasteiger partial charge in [-0.15, -0.1) is 0 Å². The number of barbiturate groups is 1. The summed E-state index contributed by atoms with van der Waals surface area (Å²) < 4.78 is 6.35. The van der Waals surface area contributed by atoms with Crippen LogP contribution < -0.4 is 15.0 Å². The van der Waals surface area contributed by atoms with Gasteiger partial charge in [0.2, 0.25) is 0 Å². The summed E-state index contributed by atoms with van der Waals surface area (Å²) in [6, 6.07) is 9.91. The topological polar surface area (TPSA) is 75.7 Å². The van der Waals surface area contributed by atoms with E-state index in [2.05, 4.69) is 21.2 Å². The van der Waals surface area contributed by atoms with Gasteiger partial charge < -0.3 is 4.74 Å². The van der Waals surface area contributed by atoms with Crippen molar-refractivity contribution in [3.05, 3.63) is 63.1 Å².